The quantitative estimate of drug-likeness (QED) is 0.644. The zero-order chi connectivity index (χ0) is 9.10. The summed E-state index contributed by atoms with van der Waals surface area (Å²) in [6.45, 7) is 3.21. The Morgan fingerprint density at radius 2 is 2.00 bits per heavy atom. The van der Waals surface area contributed by atoms with E-state index < -0.39 is 8.80 Å². The van der Waals surface area contributed by atoms with E-state index in [1.54, 1.807) is 0 Å². The van der Waals surface area contributed by atoms with E-state index >= 15 is 0 Å². The van der Waals surface area contributed by atoms with E-state index in [9.17, 15) is 0 Å². The first-order valence-corrected chi connectivity index (χ1v) is 7.06. The molecule has 0 spiro atoms. The van der Waals surface area contributed by atoms with Crippen molar-refractivity contribution in [3.8, 4) is 0 Å². The number of rotatable bonds is 2. The van der Waals surface area contributed by atoms with Crippen LogP contribution in [-0.2, 0) is 4.74 Å². The van der Waals surface area contributed by atoms with Gasteiger partial charge in [0.25, 0.3) is 0 Å². The molecule has 1 aliphatic rings. The molecule has 0 aliphatic carbocycles. The average molecular weight is 190 g/mol. The summed E-state index contributed by atoms with van der Waals surface area (Å²) in [5.41, 5.74) is 0. The maximum absolute atomic E-state index is 5.59. The van der Waals surface area contributed by atoms with Gasteiger partial charge in [-0.1, -0.05) is 42.1 Å². The molecule has 1 aromatic carbocycles. The van der Waals surface area contributed by atoms with Crippen LogP contribution in [0.3, 0.4) is 0 Å². The van der Waals surface area contributed by atoms with Crippen molar-refractivity contribution < 1.29 is 4.74 Å². The Labute approximate surface area is 80.7 Å². The van der Waals surface area contributed by atoms with Gasteiger partial charge in [0.1, 0.15) is 8.80 Å². The first-order chi connectivity index (χ1) is 6.38. The standard InChI is InChI=1S/C11H14OSi/c1-13(11-8-5-9-12-11)10-6-3-2-4-7-10/h2-4,6-8,13H,5,9H2,1H3. The van der Waals surface area contributed by atoms with Crippen LogP contribution in [0.5, 0.6) is 0 Å². The Morgan fingerprint density at radius 3 is 2.62 bits per heavy atom. The van der Waals surface area contributed by atoms with Crippen molar-refractivity contribution in [3.63, 3.8) is 0 Å². The second kappa shape index (κ2) is 3.79. The lowest BCUT2D eigenvalue weighted by Gasteiger charge is -2.11. The van der Waals surface area contributed by atoms with Crippen molar-refractivity contribution in [1.82, 2.24) is 0 Å². The Bertz CT molecular complexity index is 305. The Balaban J connectivity index is 2.17. The van der Waals surface area contributed by atoms with Gasteiger partial charge < -0.3 is 4.74 Å². The van der Waals surface area contributed by atoms with E-state index in [0.717, 1.165) is 13.0 Å². The molecule has 13 heavy (non-hydrogen) atoms. The molecule has 0 fully saturated rings. The molecule has 2 heteroatoms. The van der Waals surface area contributed by atoms with Crippen LogP contribution < -0.4 is 5.19 Å². The molecule has 0 bridgehead atoms. The van der Waals surface area contributed by atoms with Gasteiger partial charge >= 0.3 is 0 Å². The first-order valence-electron chi connectivity index (χ1n) is 4.76. The minimum absolute atomic E-state index is 0.888. The van der Waals surface area contributed by atoms with Crippen LogP contribution in [0.15, 0.2) is 41.8 Å². The van der Waals surface area contributed by atoms with Crippen molar-refractivity contribution in [2.45, 2.75) is 13.0 Å². The van der Waals surface area contributed by atoms with Gasteiger partial charge in [0.15, 0.2) is 0 Å². The van der Waals surface area contributed by atoms with Crippen LogP contribution in [0.4, 0.5) is 0 Å². The number of ether oxygens (including phenoxy) is 1. The van der Waals surface area contributed by atoms with Gasteiger partial charge in [-0.3, -0.25) is 0 Å². The first kappa shape index (κ1) is 8.57. The molecule has 1 aliphatic heterocycles. The molecular formula is C11H14OSi. The Hall–Kier alpha value is -1.02. The molecule has 0 amide bonds. The fourth-order valence-corrected chi connectivity index (χ4v) is 3.66. The molecule has 0 radical (unpaired) electrons. The molecule has 0 N–H and O–H groups in total. The second-order valence-corrected chi connectivity index (χ2v) is 6.06. The van der Waals surface area contributed by atoms with Crippen molar-refractivity contribution >= 4 is 14.0 Å². The third-order valence-corrected chi connectivity index (χ3v) is 5.10. The summed E-state index contributed by atoms with van der Waals surface area (Å²) < 4.78 is 5.59. The predicted molar refractivity (Wildman–Crippen MR) is 57.7 cm³/mol. The highest BCUT2D eigenvalue weighted by Gasteiger charge is 2.16. The van der Waals surface area contributed by atoms with E-state index in [2.05, 4.69) is 43.0 Å². The maximum atomic E-state index is 5.59. The van der Waals surface area contributed by atoms with Crippen molar-refractivity contribution in [2.24, 2.45) is 0 Å². The highest BCUT2D eigenvalue weighted by atomic mass is 28.3. The highest BCUT2D eigenvalue weighted by Crippen LogP contribution is 2.12. The summed E-state index contributed by atoms with van der Waals surface area (Å²) in [4.78, 5) is 0. The smallest absolute Gasteiger partial charge is 0.143 e. The Kier molecular flexibility index (Phi) is 2.50. The van der Waals surface area contributed by atoms with Crippen LogP contribution in [0.2, 0.25) is 6.55 Å². The molecule has 1 unspecified atom stereocenters. The summed E-state index contributed by atoms with van der Waals surface area (Å²) in [5.74, 6) is 0. The van der Waals surface area contributed by atoms with Crippen LogP contribution in [0.25, 0.3) is 0 Å². The van der Waals surface area contributed by atoms with Gasteiger partial charge in [-0.2, -0.15) is 0 Å². The molecular weight excluding hydrogens is 176 g/mol. The van der Waals surface area contributed by atoms with Gasteiger partial charge in [0.05, 0.1) is 12.0 Å². The minimum Gasteiger partial charge on any atom is -0.503 e. The van der Waals surface area contributed by atoms with E-state index in [1.807, 2.05) is 0 Å². The monoisotopic (exact) mass is 190 g/mol. The lowest BCUT2D eigenvalue weighted by atomic mass is 10.4. The van der Waals surface area contributed by atoms with E-state index in [4.69, 9.17) is 4.74 Å². The highest BCUT2D eigenvalue weighted by molar-refractivity contribution is 6.78. The molecule has 0 aromatic heterocycles. The third kappa shape index (κ3) is 1.83. The molecule has 2 rings (SSSR count). The topological polar surface area (TPSA) is 9.23 Å². The molecule has 1 aromatic rings. The minimum atomic E-state index is -0.974. The SMILES string of the molecule is C[SiH](C1=CCCO1)c1ccccc1. The molecule has 1 atom stereocenters. The van der Waals surface area contributed by atoms with Crippen LogP contribution in [0.1, 0.15) is 6.42 Å². The summed E-state index contributed by atoms with van der Waals surface area (Å²) >= 11 is 0. The number of hydrogen-bond acceptors (Lipinski definition) is 1. The Morgan fingerprint density at radius 1 is 1.23 bits per heavy atom. The lowest BCUT2D eigenvalue weighted by molar-refractivity contribution is 0.266. The summed E-state index contributed by atoms with van der Waals surface area (Å²) in [5, 5.41) is 2.74. The van der Waals surface area contributed by atoms with E-state index in [-0.39, 0.29) is 0 Å². The molecule has 1 heterocycles. The fraction of sp³-hybridized carbons (Fsp3) is 0.273. The predicted octanol–water partition coefficient (Wildman–Crippen LogP) is 1.59. The number of benzene rings is 1. The van der Waals surface area contributed by atoms with Crippen molar-refractivity contribution in [1.29, 1.82) is 0 Å². The molecule has 0 saturated heterocycles. The summed E-state index contributed by atoms with van der Waals surface area (Å²) in [6, 6.07) is 10.7. The molecule has 0 saturated carbocycles. The second-order valence-electron chi connectivity index (χ2n) is 3.38. The van der Waals surface area contributed by atoms with Crippen molar-refractivity contribution in [2.75, 3.05) is 6.61 Å². The van der Waals surface area contributed by atoms with Gasteiger partial charge in [-0.15, -0.1) is 0 Å². The molecule has 1 nitrogen and oxygen atoms in total. The van der Waals surface area contributed by atoms with E-state index in [0.29, 0.717) is 0 Å². The lowest BCUT2D eigenvalue weighted by Crippen LogP contribution is -2.29. The fourth-order valence-electron chi connectivity index (χ4n) is 1.64. The zero-order valence-corrected chi connectivity index (χ0v) is 9.02. The average Bonchev–Trinajstić information content (AvgIpc) is 2.71. The summed E-state index contributed by atoms with van der Waals surface area (Å²) in [7, 11) is -0.974. The summed E-state index contributed by atoms with van der Waals surface area (Å²) in [6.07, 6.45) is 3.35. The third-order valence-electron chi connectivity index (χ3n) is 2.46. The van der Waals surface area contributed by atoms with Crippen LogP contribution in [0, 0.1) is 0 Å². The van der Waals surface area contributed by atoms with E-state index in [1.165, 1.54) is 10.6 Å². The zero-order valence-electron chi connectivity index (χ0n) is 7.86. The van der Waals surface area contributed by atoms with Crippen LogP contribution in [-0.4, -0.2) is 15.4 Å². The normalized spacial score (nSPS) is 17.8. The molecule has 68 valence electrons. The van der Waals surface area contributed by atoms with Crippen LogP contribution >= 0.6 is 0 Å². The van der Waals surface area contributed by atoms with Gasteiger partial charge in [0, 0.05) is 6.42 Å². The number of hydrogen-bond donors (Lipinski definition) is 0. The van der Waals surface area contributed by atoms with Gasteiger partial charge in [-0.25, -0.2) is 0 Å². The van der Waals surface area contributed by atoms with Crippen molar-refractivity contribution in [3.05, 3.63) is 41.8 Å². The largest absolute Gasteiger partial charge is 0.503 e. The maximum Gasteiger partial charge on any atom is 0.143 e. The van der Waals surface area contributed by atoms with Gasteiger partial charge in [0.2, 0.25) is 0 Å². The van der Waals surface area contributed by atoms with Gasteiger partial charge in [-0.05, 0) is 6.08 Å².